The highest BCUT2D eigenvalue weighted by atomic mass is 16.2. The van der Waals surface area contributed by atoms with E-state index in [-0.39, 0.29) is 23.7 Å². The fourth-order valence-corrected chi connectivity index (χ4v) is 7.51. The molecule has 0 radical (unpaired) electrons. The monoisotopic (exact) mass is 583 g/mol. The van der Waals surface area contributed by atoms with Crippen LogP contribution in [0.15, 0.2) is 104 Å². The van der Waals surface area contributed by atoms with Crippen molar-refractivity contribution in [3.8, 4) is 11.1 Å². The summed E-state index contributed by atoms with van der Waals surface area (Å²) < 4.78 is 0. The van der Waals surface area contributed by atoms with Gasteiger partial charge in [-0.15, -0.1) is 0 Å². The number of para-hydroxylation sites is 1. The predicted octanol–water partition coefficient (Wildman–Crippen LogP) is 11.1. The minimum atomic E-state index is -0.256. The third-order valence-electron chi connectivity index (χ3n) is 9.67. The van der Waals surface area contributed by atoms with Crippen LogP contribution >= 0.6 is 0 Å². The molecule has 0 atom stereocenters. The maximum atomic E-state index is 14.5. The van der Waals surface area contributed by atoms with Gasteiger partial charge >= 0.3 is 0 Å². The van der Waals surface area contributed by atoms with Gasteiger partial charge in [-0.05, 0) is 89.5 Å². The molecule has 3 nitrogen and oxygen atoms in total. The molecule has 0 saturated carbocycles. The molecule has 0 unspecified atom stereocenters. The van der Waals surface area contributed by atoms with Crippen molar-refractivity contribution in [2.45, 2.75) is 39.5 Å². The van der Waals surface area contributed by atoms with E-state index in [1.165, 1.54) is 21.2 Å². The SMILES string of the molecule is C=Cc1ccc(-c2ccc3c4ccc5c6c(ccc(c7cccc2c73)c64)C(=O)N(c2c(C(C)C)cccc2C(C)C)C5=O)cc1. The van der Waals surface area contributed by atoms with E-state index in [2.05, 4.69) is 101 Å². The molecule has 1 aliphatic heterocycles. The lowest BCUT2D eigenvalue weighted by atomic mass is 9.83. The molecular weight excluding hydrogens is 550 g/mol. The molecule has 1 aliphatic rings. The summed E-state index contributed by atoms with van der Waals surface area (Å²) in [7, 11) is 0. The van der Waals surface area contributed by atoms with Crippen LogP contribution in [-0.2, 0) is 0 Å². The molecule has 7 aromatic carbocycles. The van der Waals surface area contributed by atoms with Crippen LogP contribution in [0.3, 0.4) is 0 Å². The number of hydrogen-bond donors (Lipinski definition) is 0. The zero-order chi connectivity index (χ0) is 31.1. The first kappa shape index (κ1) is 27.3. The topological polar surface area (TPSA) is 37.4 Å². The summed E-state index contributed by atoms with van der Waals surface area (Å²) >= 11 is 0. The molecule has 1 heterocycles. The zero-order valence-corrected chi connectivity index (χ0v) is 25.9. The molecule has 2 amide bonds. The number of imide groups is 1. The standard InChI is InChI=1S/C42H33NO2/c1-6-25-13-15-26(16-14-25)29-17-18-32-34-20-22-36-39-35(21-19-33(38(34)39)31-12-8-11-30(29)37(31)32)41(44)43(42(36)45)40-27(23(2)3)9-7-10-28(40)24(4)5/h6-24H,1H2,2-5H3. The molecule has 218 valence electrons. The first-order chi connectivity index (χ1) is 21.8. The lowest BCUT2D eigenvalue weighted by Crippen LogP contribution is -2.41. The molecule has 0 saturated heterocycles. The van der Waals surface area contributed by atoms with Crippen LogP contribution in [0.4, 0.5) is 5.69 Å². The Labute approximate surface area is 262 Å². The van der Waals surface area contributed by atoms with Gasteiger partial charge in [0.2, 0.25) is 0 Å². The maximum absolute atomic E-state index is 14.5. The van der Waals surface area contributed by atoms with Gasteiger partial charge in [0.05, 0.1) is 5.69 Å². The van der Waals surface area contributed by atoms with E-state index in [4.69, 9.17) is 0 Å². The number of anilines is 1. The molecule has 0 bridgehead atoms. The smallest absolute Gasteiger partial charge is 0.266 e. The minimum Gasteiger partial charge on any atom is -0.268 e. The van der Waals surface area contributed by atoms with Crippen molar-refractivity contribution >= 4 is 66.7 Å². The van der Waals surface area contributed by atoms with Crippen LogP contribution in [-0.4, -0.2) is 11.8 Å². The van der Waals surface area contributed by atoms with Crippen LogP contribution in [0.5, 0.6) is 0 Å². The van der Waals surface area contributed by atoms with Gasteiger partial charge in [0.15, 0.2) is 0 Å². The van der Waals surface area contributed by atoms with E-state index in [9.17, 15) is 9.59 Å². The Morgan fingerprint density at radius 3 is 1.58 bits per heavy atom. The number of fused-ring (bicyclic) bond motifs is 2. The van der Waals surface area contributed by atoms with Crippen molar-refractivity contribution < 1.29 is 9.59 Å². The first-order valence-electron chi connectivity index (χ1n) is 15.7. The van der Waals surface area contributed by atoms with Crippen LogP contribution < -0.4 is 4.90 Å². The summed E-state index contributed by atoms with van der Waals surface area (Å²) in [6.45, 7) is 12.3. The molecule has 0 fully saturated rings. The fourth-order valence-electron chi connectivity index (χ4n) is 7.51. The normalized spacial score (nSPS) is 13.4. The van der Waals surface area contributed by atoms with E-state index < -0.39 is 0 Å². The lowest BCUT2D eigenvalue weighted by molar-refractivity contribution is 0.0893. The number of carbonyl (C=O) groups is 2. The Morgan fingerprint density at radius 1 is 0.533 bits per heavy atom. The molecule has 0 aromatic heterocycles. The second-order valence-corrected chi connectivity index (χ2v) is 12.8. The summed E-state index contributed by atoms with van der Waals surface area (Å²) in [4.78, 5) is 30.4. The van der Waals surface area contributed by atoms with E-state index in [1.54, 1.807) is 0 Å². The van der Waals surface area contributed by atoms with Crippen molar-refractivity contribution in [1.82, 2.24) is 0 Å². The Kier molecular flexibility index (Phi) is 5.98. The largest absolute Gasteiger partial charge is 0.268 e. The van der Waals surface area contributed by atoms with Gasteiger partial charge in [0.25, 0.3) is 11.8 Å². The van der Waals surface area contributed by atoms with E-state index >= 15 is 0 Å². The van der Waals surface area contributed by atoms with Crippen LogP contribution in [0.2, 0.25) is 0 Å². The molecule has 0 spiro atoms. The molecule has 3 heteroatoms. The second kappa shape index (κ2) is 9.87. The quantitative estimate of drug-likeness (QED) is 0.115. The highest BCUT2D eigenvalue weighted by Crippen LogP contribution is 2.47. The highest BCUT2D eigenvalue weighted by Gasteiger charge is 2.38. The van der Waals surface area contributed by atoms with Crippen molar-refractivity contribution in [2.24, 2.45) is 0 Å². The Morgan fingerprint density at radius 2 is 1.02 bits per heavy atom. The summed E-state index contributed by atoms with van der Waals surface area (Å²) in [5.74, 6) is -0.210. The van der Waals surface area contributed by atoms with Crippen LogP contribution in [0, 0.1) is 0 Å². The number of benzene rings is 7. The van der Waals surface area contributed by atoms with E-state index in [0.717, 1.165) is 60.3 Å². The Bertz CT molecular complexity index is 2280. The third-order valence-corrected chi connectivity index (χ3v) is 9.67. The Balaban J connectivity index is 1.40. The van der Waals surface area contributed by atoms with E-state index in [1.807, 2.05) is 36.4 Å². The molecule has 0 aliphatic carbocycles. The Hall–Kier alpha value is -5.28. The number of nitrogens with zero attached hydrogens (tertiary/aromatic N) is 1. The van der Waals surface area contributed by atoms with Crippen molar-refractivity contribution in [1.29, 1.82) is 0 Å². The minimum absolute atomic E-state index is 0.151. The first-order valence-corrected chi connectivity index (χ1v) is 15.7. The van der Waals surface area contributed by atoms with Gasteiger partial charge in [0, 0.05) is 16.5 Å². The van der Waals surface area contributed by atoms with Gasteiger partial charge in [-0.1, -0.05) is 125 Å². The maximum Gasteiger partial charge on any atom is 0.266 e. The molecule has 8 rings (SSSR count). The molecule has 7 aromatic rings. The second-order valence-electron chi connectivity index (χ2n) is 12.8. The average molecular weight is 584 g/mol. The fraction of sp³-hybridized carbons (Fsp3) is 0.143. The number of carbonyl (C=O) groups excluding carboxylic acids is 2. The number of rotatable bonds is 5. The number of amides is 2. The van der Waals surface area contributed by atoms with Gasteiger partial charge in [0.1, 0.15) is 0 Å². The average Bonchev–Trinajstić information content (AvgIpc) is 3.06. The van der Waals surface area contributed by atoms with Crippen molar-refractivity contribution in [3.05, 3.63) is 131 Å². The van der Waals surface area contributed by atoms with Crippen LogP contribution in [0.25, 0.3) is 60.3 Å². The summed E-state index contributed by atoms with van der Waals surface area (Å²) in [5, 5.41) is 8.48. The highest BCUT2D eigenvalue weighted by molar-refractivity contribution is 6.42. The lowest BCUT2D eigenvalue weighted by Gasteiger charge is -2.32. The molecular formula is C42H33NO2. The summed E-state index contributed by atoms with van der Waals surface area (Å²) in [6, 6.07) is 33.5. The van der Waals surface area contributed by atoms with Gasteiger partial charge < -0.3 is 0 Å². The predicted molar refractivity (Wildman–Crippen MR) is 189 cm³/mol. The van der Waals surface area contributed by atoms with Gasteiger partial charge in [-0.3, -0.25) is 9.59 Å². The zero-order valence-electron chi connectivity index (χ0n) is 25.9. The number of hydrogen-bond acceptors (Lipinski definition) is 2. The summed E-state index contributed by atoms with van der Waals surface area (Å²) in [5.41, 5.74) is 7.32. The van der Waals surface area contributed by atoms with Crippen molar-refractivity contribution in [2.75, 3.05) is 4.90 Å². The third kappa shape index (κ3) is 3.77. The summed E-state index contributed by atoms with van der Waals surface area (Å²) in [6.07, 6.45) is 1.86. The van der Waals surface area contributed by atoms with Crippen molar-refractivity contribution in [3.63, 3.8) is 0 Å². The van der Waals surface area contributed by atoms with E-state index in [0.29, 0.717) is 11.1 Å². The molecule has 0 N–H and O–H groups in total. The molecule has 45 heavy (non-hydrogen) atoms. The van der Waals surface area contributed by atoms with Crippen LogP contribution in [0.1, 0.15) is 76.9 Å². The van der Waals surface area contributed by atoms with Gasteiger partial charge in [-0.2, -0.15) is 0 Å². The van der Waals surface area contributed by atoms with Gasteiger partial charge in [-0.25, -0.2) is 4.90 Å².